The number of benzene rings is 2. The summed E-state index contributed by atoms with van der Waals surface area (Å²) in [6, 6.07) is 19.7. The van der Waals surface area contributed by atoms with Crippen LogP contribution < -0.4 is 15.4 Å². The number of amides is 1. The molecule has 0 radical (unpaired) electrons. The number of aryl methyl sites for hydroxylation is 1. The lowest BCUT2D eigenvalue weighted by Gasteiger charge is -2.10. The normalized spacial score (nSPS) is 10.4. The quantitative estimate of drug-likeness (QED) is 0.625. The summed E-state index contributed by atoms with van der Waals surface area (Å²) in [6.07, 6.45) is 2.52. The lowest BCUT2D eigenvalue weighted by molar-refractivity contribution is 0.0946. The summed E-state index contributed by atoms with van der Waals surface area (Å²) in [5, 5.41) is 6.23. The molecule has 0 spiro atoms. The van der Waals surface area contributed by atoms with Crippen LogP contribution in [-0.2, 0) is 13.0 Å². The minimum absolute atomic E-state index is 0.179. The first-order valence-electron chi connectivity index (χ1n) is 9.31. The van der Waals surface area contributed by atoms with E-state index in [-0.39, 0.29) is 5.91 Å². The van der Waals surface area contributed by atoms with E-state index in [4.69, 9.17) is 4.74 Å². The zero-order valence-electron chi connectivity index (χ0n) is 16.2. The largest absolute Gasteiger partial charge is 0.496 e. The molecule has 3 aromatic rings. The number of hydrogen-bond acceptors (Lipinski definition) is 4. The molecule has 1 aromatic heterocycles. The van der Waals surface area contributed by atoms with E-state index < -0.39 is 0 Å². The number of rotatable bonds is 8. The van der Waals surface area contributed by atoms with Crippen LogP contribution in [0, 0.1) is 6.92 Å². The number of ether oxygens (including phenoxy) is 1. The highest BCUT2D eigenvalue weighted by atomic mass is 16.5. The van der Waals surface area contributed by atoms with Gasteiger partial charge in [-0.3, -0.25) is 4.79 Å². The van der Waals surface area contributed by atoms with Gasteiger partial charge in [-0.2, -0.15) is 0 Å². The molecule has 0 aliphatic rings. The van der Waals surface area contributed by atoms with Gasteiger partial charge >= 0.3 is 0 Å². The molecule has 3 rings (SSSR count). The standard InChI is InChI=1S/C23H25N3O2/c1-17-6-5-7-18(14-17)15-26-23(27)21-11-10-20(16-25-21)24-13-12-19-8-3-4-9-22(19)28-2/h3-11,14,16,24H,12-13,15H2,1-2H3,(H,26,27). The number of para-hydroxylation sites is 1. The van der Waals surface area contributed by atoms with Crippen molar-refractivity contribution in [2.24, 2.45) is 0 Å². The lowest BCUT2D eigenvalue weighted by atomic mass is 10.1. The van der Waals surface area contributed by atoms with Crippen LogP contribution in [0.4, 0.5) is 5.69 Å². The smallest absolute Gasteiger partial charge is 0.270 e. The van der Waals surface area contributed by atoms with Crippen LogP contribution in [0.1, 0.15) is 27.2 Å². The third-order valence-corrected chi connectivity index (χ3v) is 4.45. The maximum Gasteiger partial charge on any atom is 0.270 e. The fraction of sp³-hybridized carbons (Fsp3) is 0.217. The van der Waals surface area contributed by atoms with Gasteiger partial charge in [0.25, 0.3) is 5.91 Å². The maximum atomic E-state index is 12.3. The van der Waals surface area contributed by atoms with Gasteiger partial charge in [-0.25, -0.2) is 4.98 Å². The molecule has 0 bridgehead atoms. The number of aromatic nitrogens is 1. The van der Waals surface area contributed by atoms with E-state index in [9.17, 15) is 4.79 Å². The molecule has 5 heteroatoms. The van der Waals surface area contributed by atoms with Gasteiger partial charge < -0.3 is 15.4 Å². The lowest BCUT2D eigenvalue weighted by Crippen LogP contribution is -2.23. The van der Waals surface area contributed by atoms with Gasteiger partial charge in [0.1, 0.15) is 11.4 Å². The van der Waals surface area contributed by atoms with Crippen LogP contribution in [0.25, 0.3) is 0 Å². The maximum absolute atomic E-state index is 12.3. The Bertz CT molecular complexity index is 923. The predicted octanol–water partition coefficient (Wildman–Crippen LogP) is 3.98. The summed E-state index contributed by atoms with van der Waals surface area (Å²) in [5.74, 6) is 0.713. The Kier molecular flexibility index (Phi) is 6.63. The molecule has 0 aliphatic carbocycles. The van der Waals surface area contributed by atoms with Crippen LogP contribution in [-0.4, -0.2) is 24.5 Å². The van der Waals surface area contributed by atoms with Crippen LogP contribution >= 0.6 is 0 Å². The topological polar surface area (TPSA) is 63.2 Å². The van der Waals surface area contributed by atoms with Crippen LogP contribution in [0.3, 0.4) is 0 Å². The number of nitrogens with zero attached hydrogens (tertiary/aromatic N) is 1. The molecule has 28 heavy (non-hydrogen) atoms. The van der Waals surface area contributed by atoms with E-state index in [2.05, 4.69) is 27.8 Å². The minimum Gasteiger partial charge on any atom is -0.496 e. The Balaban J connectivity index is 1.49. The van der Waals surface area contributed by atoms with E-state index >= 15 is 0 Å². The first kappa shape index (κ1) is 19.4. The van der Waals surface area contributed by atoms with Gasteiger partial charge in [0.15, 0.2) is 0 Å². The van der Waals surface area contributed by atoms with Gasteiger partial charge in [0, 0.05) is 13.1 Å². The molecule has 0 aliphatic heterocycles. The van der Waals surface area contributed by atoms with E-state index in [1.54, 1.807) is 19.4 Å². The average molecular weight is 375 g/mol. The van der Waals surface area contributed by atoms with E-state index in [1.165, 1.54) is 5.56 Å². The number of carbonyl (C=O) groups excluding carboxylic acids is 1. The molecule has 0 atom stereocenters. The molecule has 0 saturated carbocycles. The SMILES string of the molecule is COc1ccccc1CCNc1ccc(C(=O)NCc2cccc(C)c2)nc1. The first-order chi connectivity index (χ1) is 13.7. The molecule has 0 unspecified atom stereocenters. The van der Waals surface area contributed by atoms with Gasteiger partial charge in [0.2, 0.25) is 0 Å². The number of nitrogens with one attached hydrogen (secondary N) is 2. The molecule has 0 fully saturated rings. The molecule has 144 valence electrons. The van der Waals surface area contributed by atoms with Crippen molar-refractivity contribution in [2.75, 3.05) is 19.0 Å². The molecular weight excluding hydrogens is 350 g/mol. The van der Waals surface area contributed by atoms with Crippen LogP contribution in [0.5, 0.6) is 5.75 Å². The van der Waals surface area contributed by atoms with Crippen molar-refractivity contribution in [3.05, 3.63) is 89.2 Å². The Morgan fingerprint density at radius 1 is 1.07 bits per heavy atom. The van der Waals surface area contributed by atoms with E-state index in [0.717, 1.165) is 35.5 Å². The van der Waals surface area contributed by atoms with Crippen LogP contribution in [0.15, 0.2) is 66.9 Å². The zero-order chi connectivity index (χ0) is 19.8. The Morgan fingerprint density at radius 3 is 2.68 bits per heavy atom. The Morgan fingerprint density at radius 2 is 1.93 bits per heavy atom. The molecule has 1 heterocycles. The van der Waals surface area contributed by atoms with Gasteiger partial charge in [-0.05, 0) is 42.7 Å². The van der Waals surface area contributed by atoms with Crippen LogP contribution in [0.2, 0.25) is 0 Å². The monoisotopic (exact) mass is 375 g/mol. The van der Waals surface area contributed by atoms with Gasteiger partial charge in [-0.15, -0.1) is 0 Å². The molecule has 2 aromatic carbocycles. The molecule has 0 saturated heterocycles. The predicted molar refractivity (Wildman–Crippen MR) is 112 cm³/mol. The van der Waals surface area contributed by atoms with E-state index in [0.29, 0.717) is 12.2 Å². The third-order valence-electron chi connectivity index (χ3n) is 4.45. The van der Waals surface area contributed by atoms with Gasteiger partial charge in [-0.1, -0.05) is 48.0 Å². The minimum atomic E-state index is -0.179. The van der Waals surface area contributed by atoms with Gasteiger partial charge in [0.05, 0.1) is 19.0 Å². The highest BCUT2D eigenvalue weighted by Gasteiger charge is 2.07. The first-order valence-corrected chi connectivity index (χ1v) is 9.31. The van der Waals surface area contributed by atoms with Crippen molar-refractivity contribution < 1.29 is 9.53 Å². The van der Waals surface area contributed by atoms with Crippen molar-refractivity contribution in [2.45, 2.75) is 19.9 Å². The third kappa shape index (κ3) is 5.33. The number of methoxy groups -OCH3 is 1. The van der Waals surface area contributed by atoms with Crippen molar-refractivity contribution in [1.29, 1.82) is 0 Å². The zero-order valence-corrected chi connectivity index (χ0v) is 16.2. The molecule has 1 amide bonds. The summed E-state index contributed by atoms with van der Waals surface area (Å²) < 4.78 is 5.37. The van der Waals surface area contributed by atoms with Crippen molar-refractivity contribution in [1.82, 2.24) is 10.3 Å². The summed E-state index contributed by atoms with van der Waals surface area (Å²) >= 11 is 0. The molecule has 5 nitrogen and oxygen atoms in total. The molecular formula is C23H25N3O2. The second kappa shape index (κ2) is 9.55. The fourth-order valence-electron chi connectivity index (χ4n) is 2.98. The number of carbonyl (C=O) groups is 1. The van der Waals surface area contributed by atoms with Crippen molar-refractivity contribution in [3.63, 3.8) is 0 Å². The molecule has 2 N–H and O–H groups in total. The summed E-state index contributed by atoms with van der Waals surface area (Å²) in [4.78, 5) is 16.5. The highest BCUT2D eigenvalue weighted by Crippen LogP contribution is 2.18. The van der Waals surface area contributed by atoms with Crippen molar-refractivity contribution in [3.8, 4) is 5.75 Å². The number of anilines is 1. The summed E-state index contributed by atoms with van der Waals surface area (Å²) in [5.41, 5.74) is 4.68. The highest BCUT2D eigenvalue weighted by molar-refractivity contribution is 5.92. The number of hydrogen-bond donors (Lipinski definition) is 2. The van der Waals surface area contributed by atoms with Crippen molar-refractivity contribution >= 4 is 11.6 Å². The second-order valence-corrected chi connectivity index (χ2v) is 6.59. The summed E-state index contributed by atoms with van der Waals surface area (Å²) in [6.45, 7) is 3.27. The summed E-state index contributed by atoms with van der Waals surface area (Å²) in [7, 11) is 1.68. The Labute approximate surface area is 165 Å². The number of pyridine rings is 1. The average Bonchev–Trinajstić information content (AvgIpc) is 2.73. The fourth-order valence-corrected chi connectivity index (χ4v) is 2.98. The van der Waals surface area contributed by atoms with E-state index in [1.807, 2.05) is 49.4 Å². The Hall–Kier alpha value is -3.34. The second-order valence-electron chi connectivity index (χ2n) is 6.59.